The van der Waals surface area contributed by atoms with Crippen molar-refractivity contribution in [1.82, 2.24) is 20.0 Å². The monoisotopic (exact) mass is 462 g/mol. The molecule has 0 spiro atoms. The molecule has 2 unspecified atom stereocenters. The fourth-order valence-electron chi connectivity index (χ4n) is 4.82. The van der Waals surface area contributed by atoms with Crippen molar-refractivity contribution in [2.45, 2.75) is 44.8 Å². The molecule has 0 radical (unpaired) electrons. The van der Waals surface area contributed by atoms with Crippen LogP contribution in [0.25, 0.3) is 0 Å². The van der Waals surface area contributed by atoms with E-state index in [1.807, 2.05) is 18.7 Å². The minimum Gasteiger partial charge on any atom is -0.400 e. The fraction of sp³-hybridized carbons (Fsp3) is 0.500. The van der Waals surface area contributed by atoms with E-state index in [9.17, 15) is 14.0 Å². The summed E-state index contributed by atoms with van der Waals surface area (Å²) in [6.45, 7) is 6.59. The van der Waals surface area contributed by atoms with Crippen LogP contribution in [-0.2, 0) is 0 Å². The van der Waals surface area contributed by atoms with Gasteiger partial charge in [0.2, 0.25) is 0 Å². The van der Waals surface area contributed by atoms with Crippen molar-refractivity contribution in [3.63, 3.8) is 0 Å². The maximum atomic E-state index is 14.0. The quantitative estimate of drug-likeness (QED) is 0.463. The molecule has 3 atom stereocenters. The fourth-order valence-corrected chi connectivity index (χ4v) is 4.99. The van der Waals surface area contributed by atoms with Crippen LogP contribution in [0.2, 0.25) is 5.02 Å². The van der Waals surface area contributed by atoms with Gasteiger partial charge in [0.25, 0.3) is 5.91 Å². The Bertz CT molecular complexity index is 999. The van der Waals surface area contributed by atoms with E-state index >= 15 is 0 Å². The summed E-state index contributed by atoms with van der Waals surface area (Å²) in [5.41, 5.74) is 6.69. The van der Waals surface area contributed by atoms with Gasteiger partial charge < -0.3 is 20.9 Å². The third-order valence-corrected chi connectivity index (χ3v) is 6.97. The molecule has 1 aromatic carbocycles. The van der Waals surface area contributed by atoms with E-state index in [1.54, 1.807) is 4.90 Å². The number of nitrogens with one attached hydrogen (secondary N) is 2. The molecular formula is C22H28ClFN6O2. The van der Waals surface area contributed by atoms with E-state index in [-0.39, 0.29) is 35.0 Å². The van der Waals surface area contributed by atoms with E-state index in [4.69, 9.17) is 22.7 Å². The second kappa shape index (κ2) is 8.71. The molecule has 2 saturated heterocycles. The minimum absolute atomic E-state index is 0.0827. The zero-order chi connectivity index (χ0) is 23.2. The first kappa shape index (κ1) is 22.5. The molecule has 2 fully saturated rings. The lowest BCUT2D eigenvalue weighted by atomic mass is 10.1. The van der Waals surface area contributed by atoms with Gasteiger partial charge in [-0.25, -0.2) is 9.18 Å². The summed E-state index contributed by atoms with van der Waals surface area (Å²) in [6.07, 6.45) is 2.25. The summed E-state index contributed by atoms with van der Waals surface area (Å²) in [7, 11) is 0. The highest BCUT2D eigenvalue weighted by Gasteiger charge is 2.41. The third-order valence-electron chi connectivity index (χ3n) is 6.74. The molecule has 32 heavy (non-hydrogen) atoms. The predicted molar refractivity (Wildman–Crippen MR) is 120 cm³/mol. The number of urea groups is 1. The highest BCUT2D eigenvalue weighted by molar-refractivity contribution is 6.31. The van der Waals surface area contributed by atoms with Crippen LogP contribution in [0.15, 0.2) is 29.5 Å². The van der Waals surface area contributed by atoms with Gasteiger partial charge in [-0.1, -0.05) is 11.6 Å². The summed E-state index contributed by atoms with van der Waals surface area (Å²) >= 11 is 5.86. The number of fused-ring (bicyclic) bond motifs is 1. The van der Waals surface area contributed by atoms with Crippen LogP contribution in [0.1, 0.15) is 37.0 Å². The van der Waals surface area contributed by atoms with Crippen LogP contribution in [-0.4, -0.2) is 76.8 Å². The van der Waals surface area contributed by atoms with E-state index in [1.165, 1.54) is 12.1 Å². The maximum Gasteiger partial charge on any atom is 0.321 e. The van der Waals surface area contributed by atoms with Gasteiger partial charge >= 0.3 is 6.03 Å². The van der Waals surface area contributed by atoms with Crippen molar-refractivity contribution in [1.29, 1.82) is 5.41 Å². The highest BCUT2D eigenvalue weighted by atomic mass is 35.5. The molecule has 3 aliphatic rings. The number of piperazine rings is 1. The average Bonchev–Trinajstić information content (AvgIpc) is 3.32. The Morgan fingerprint density at radius 2 is 2.00 bits per heavy atom. The largest absolute Gasteiger partial charge is 0.400 e. The molecule has 3 heterocycles. The number of nitrogens with zero attached hydrogens (tertiary/aromatic N) is 3. The summed E-state index contributed by atoms with van der Waals surface area (Å²) in [4.78, 5) is 31.8. The van der Waals surface area contributed by atoms with Gasteiger partial charge in [-0.3, -0.25) is 15.1 Å². The Morgan fingerprint density at radius 1 is 1.25 bits per heavy atom. The minimum atomic E-state index is -0.793. The van der Waals surface area contributed by atoms with E-state index in [0.29, 0.717) is 23.9 Å². The summed E-state index contributed by atoms with van der Waals surface area (Å²) < 4.78 is 14.0. The van der Waals surface area contributed by atoms with Crippen LogP contribution in [0.5, 0.6) is 0 Å². The number of hydrogen-bond donors (Lipinski definition) is 3. The average molecular weight is 463 g/mol. The van der Waals surface area contributed by atoms with Crippen LogP contribution in [0.3, 0.4) is 0 Å². The van der Waals surface area contributed by atoms with Gasteiger partial charge in [-0.2, -0.15) is 0 Å². The van der Waals surface area contributed by atoms with Gasteiger partial charge in [-0.15, -0.1) is 0 Å². The maximum absolute atomic E-state index is 14.0. The van der Waals surface area contributed by atoms with E-state index in [2.05, 4.69) is 10.2 Å². The SMILES string of the molecule is CC1CN2CCC[C@H]2CN1C(=O)N1CC(C(=N)NC(=O)c2cc(Cl)ccc2F)=C(N)C1C. The Morgan fingerprint density at radius 3 is 2.75 bits per heavy atom. The molecule has 3 aliphatic heterocycles. The van der Waals surface area contributed by atoms with Gasteiger partial charge in [0.1, 0.15) is 11.7 Å². The Labute approximate surface area is 191 Å². The van der Waals surface area contributed by atoms with Crippen molar-refractivity contribution in [2.75, 3.05) is 26.2 Å². The normalized spacial score (nSPS) is 25.8. The van der Waals surface area contributed by atoms with Gasteiger partial charge in [-0.05, 0) is 51.4 Å². The van der Waals surface area contributed by atoms with Crippen molar-refractivity contribution in [2.24, 2.45) is 5.73 Å². The summed E-state index contributed by atoms with van der Waals surface area (Å²) in [5.74, 6) is -1.78. The molecule has 4 N–H and O–H groups in total. The first-order chi connectivity index (χ1) is 15.2. The van der Waals surface area contributed by atoms with E-state index in [0.717, 1.165) is 32.0 Å². The number of rotatable bonds is 2. The van der Waals surface area contributed by atoms with Crippen molar-refractivity contribution >= 4 is 29.4 Å². The number of amides is 3. The molecule has 172 valence electrons. The van der Waals surface area contributed by atoms with Crippen molar-refractivity contribution in [3.8, 4) is 0 Å². The molecule has 0 aliphatic carbocycles. The number of nitrogens with two attached hydrogens (primary N) is 1. The molecular weight excluding hydrogens is 435 g/mol. The zero-order valence-corrected chi connectivity index (χ0v) is 19.0. The lowest BCUT2D eigenvalue weighted by molar-refractivity contribution is 0.0628. The Kier molecular flexibility index (Phi) is 6.13. The summed E-state index contributed by atoms with van der Waals surface area (Å²) in [5, 5.41) is 10.9. The molecule has 0 aromatic heterocycles. The number of benzene rings is 1. The van der Waals surface area contributed by atoms with E-state index < -0.39 is 17.8 Å². The molecule has 4 rings (SSSR count). The molecule has 0 saturated carbocycles. The van der Waals surface area contributed by atoms with Crippen LogP contribution >= 0.6 is 11.6 Å². The number of carbonyl (C=O) groups excluding carboxylic acids is 2. The third kappa shape index (κ3) is 4.06. The predicted octanol–water partition coefficient (Wildman–Crippen LogP) is 2.39. The number of amidine groups is 1. The highest BCUT2D eigenvalue weighted by Crippen LogP contribution is 2.28. The molecule has 8 nitrogen and oxygen atoms in total. The van der Waals surface area contributed by atoms with Crippen molar-refractivity contribution in [3.05, 3.63) is 45.9 Å². The molecule has 1 aromatic rings. The van der Waals surface area contributed by atoms with Gasteiger partial charge in [0.05, 0.1) is 18.2 Å². The van der Waals surface area contributed by atoms with Crippen LogP contribution in [0, 0.1) is 11.2 Å². The standard InChI is InChI=1S/C22H28ClFN6O2/c1-12-9-28-7-3-4-15(28)10-29(12)22(32)30-11-17(19(25)13(30)2)20(26)27-21(31)16-8-14(23)5-6-18(16)24/h5-6,8,12-13,15H,3-4,7,9-11,25H2,1-2H3,(H2,26,27,31)/t12?,13?,15-/m0/s1. The zero-order valence-electron chi connectivity index (χ0n) is 18.2. The molecule has 0 bridgehead atoms. The topological polar surface area (TPSA) is 106 Å². The smallest absolute Gasteiger partial charge is 0.321 e. The first-order valence-corrected chi connectivity index (χ1v) is 11.2. The second-order valence-electron chi connectivity index (χ2n) is 8.77. The lowest BCUT2D eigenvalue weighted by Crippen LogP contribution is -2.60. The Hall–Kier alpha value is -2.65. The van der Waals surface area contributed by atoms with Crippen LogP contribution < -0.4 is 11.1 Å². The van der Waals surface area contributed by atoms with Crippen molar-refractivity contribution < 1.29 is 14.0 Å². The summed E-state index contributed by atoms with van der Waals surface area (Å²) in [6, 6.07) is 3.59. The van der Waals surface area contributed by atoms with Gasteiger partial charge in [0.15, 0.2) is 0 Å². The number of carbonyl (C=O) groups is 2. The van der Waals surface area contributed by atoms with Crippen LogP contribution in [0.4, 0.5) is 9.18 Å². The molecule has 3 amide bonds. The number of halogens is 2. The Balaban J connectivity index is 1.45. The number of hydrogen-bond acceptors (Lipinski definition) is 5. The first-order valence-electron chi connectivity index (χ1n) is 10.8. The molecule has 10 heteroatoms. The second-order valence-corrected chi connectivity index (χ2v) is 9.20. The lowest BCUT2D eigenvalue weighted by Gasteiger charge is -2.44. The van der Waals surface area contributed by atoms with Gasteiger partial charge in [0, 0.05) is 41.5 Å².